The zero-order valence-corrected chi connectivity index (χ0v) is 28.0. The van der Waals surface area contributed by atoms with Crippen molar-refractivity contribution in [3.05, 3.63) is 54.1 Å². The zero-order chi connectivity index (χ0) is 34.3. The number of carbonyl (C=O) groups excluding carboxylic acids is 4. The van der Waals surface area contributed by atoms with Crippen LogP contribution >= 0.6 is 0 Å². The molecule has 0 radical (unpaired) electrons. The van der Waals surface area contributed by atoms with Gasteiger partial charge in [0.1, 0.15) is 12.1 Å². The van der Waals surface area contributed by atoms with E-state index in [0.29, 0.717) is 25.0 Å². The zero-order valence-electron chi connectivity index (χ0n) is 28.0. The summed E-state index contributed by atoms with van der Waals surface area (Å²) in [5, 5.41) is 35.3. The third kappa shape index (κ3) is 13.1. The number of hydrogen-bond acceptors (Lipinski definition) is 8. The first-order valence-corrected chi connectivity index (χ1v) is 16.7. The van der Waals surface area contributed by atoms with Gasteiger partial charge in [0.2, 0.25) is 23.6 Å². The number of rotatable bonds is 19. The lowest BCUT2D eigenvalue weighted by molar-refractivity contribution is -0.133. The van der Waals surface area contributed by atoms with E-state index in [1.807, 2.05) is 58.0 Å². The molecule has 260 valence electrons. The minimum Gasteiger partial charge on any atom is -0.394 e. The summed E-state index contributed by atoms with van der Waals surface area (Å²) in [6.07, 6.45) is 4.34. The first-order valence-electron chi connectivity index (χ1n) is 16.7. The summed E-state index contributed by atoms with van der Waals surface area (Å²) in [4.78, 5) is 60.5. The number of benzene rings is 1. The Morgan fingerprint density at radius 1 is 0.915 bits per heavy atom. The maximum Gasteiger partial charge on any atom is 0.243 e. The lowest BCUT2D eigenvalue weighted by Gasteiger charge is -2.29. The minimum atomic E-state index is -1.22. The highest BCUT2D eigenvalue weighted by Gasteiger charge is 2.33. The molecule has 0 saturated carbocycles. The highest BCUT2D eigenvalue weighted by atomic mass is 16.3. The lowest BCUT2D eigenvalue weighted by atomic mass is 9.96. The van der Waals surface area contributed by atoms with Crippen molar-refractivity contribution in [1.29, 1.82) is 0 Å². The van der Waals surface area contributed by atoms with Gasteiger partial charge >= 0.3 is 0 Å². The predicted octanol–water partition coefficient (Wildman–Crippen LogP) is 0.722. The van der Waals surface area contributed by atoms with Crippen molar-refractivity contribution in [2.45, 2.75) is 109 Å². The van der Waals surface area contributed by atoms with Crippen LogP contribution in [0.5, 0.6) is 0 Å². The van der Waals surface area contributed by atoms with Crippen LogP contribution in [0.15, 0.2) is 42.9 Å². The summed E-state index contributed by atoms with van der Waals surface area (Å²) in [5.41, 5.74) is 1.45. The van der Waals surface area contributed by atoms with Crippen molar-refractivity contribution >= 4 is 23.6 Å². The quantitative estimate of drug-likeness (QED) is 0.108. The molecule has 3 rings (SSSR count). The standard InChI is InChI=1S/C34H53N7O6/c1-21(2)13-25(19-42)38-31(44)17-30(43)27(14-22(3)4)39-34(47)29(16-24-18-35-20-37-24)41-33(46)28(15-23-9-6-5-7-10-23)40-32(45)26-11-8-12-36-26/h5-7,9-10,18,20-22,25-30,36,42-43H,8,11-17,19H2,1-4H3,(H,35,37)(H,38,44)(H,39,47)(H,40,45)(H,41,46)/t25-,26-,27-,28-,29-,30-/m0/s1. The maximum atomic E-state index is 13.8. The van der Waals surface area contributed by atoms with E-state index < -0.39 is 54.0 Å². The summed E-state index contributed by atoms with van der Waals surface area (Å²) >= 11 is 0. The number of aromatic amines is 1. The van der Waals surface area contributed by atoms with Gasteiger partial charge < -0.3 is 41.8 Å². The Hall–Kier alpha value is -3.81. The van der Waals surface area contributed by atoms with Crippen LogP contribution in [0.4, 0.5) is 0 Å². The molecule has 2 heterocycles. The van der Waals surface area contributed by atoms with Gasteiger partial charge in [-0.25, -0.2) is 4.98 Å². The van der Waals surface area contributed by atoms with Crippen molar-refractivity contribution in [3.63, 3.8) is 0 Å². The molecule has 8 N–H and O–H groups in total. The monoisotopic (exact) mass is 655 g/mol. The molecule has 0 spiro atoms. The van der Waals surface area contributed by atoms with Crippen LogP contribution in [0, 0.1) is 11.8 Å². The average Bonchev–Trinajstić information content (AvgIpc) is 3.75. The number of hydrogen-bond donors (Lipinski definition) is 8. The van der Waals surface area contributed by atoms with Crippen LogP contribution in [0.1, 0.15) is 71.1 Å². The molecular formula is C34H53N7O6. The number of aliphatic hydroxyl groups excluding tert-OH is 2. The molecule has 1 aliphatic rings. The van der Waals surface area contributed by atoms with E-state index in [1.54, 1.807) is 6.20 Å². The number of nitrogens with zero attached hydrogens (tertiary/aromatic N) is 1. The molecule has 1 fully saturated rings. The van der Waals surface area contributed by atoms with Crippen molar-refractivity contribution in [2.75, 3.05) is 13.2 Å². The van der Waals surface area contributed by atoms with Gasteiger partial charge in [-0.3, -0.25) is 19.2 Å². The molecule has 0 unspecified atom stereocenters. The molecule has 6 atom stereocenters. The van der Waals surface area contributed by atoms with E-state index in [-0.39, 0.29) is 43.6 Å². The summed E-state index contributed by atoms with van der Waals surface area (Å²) in [5.74, 6) is -1.46. The van der Waals surface area contributed by atoms with Crippen molar-refractivity contribution < 1.29 is 29.4 Å². The molecule has 0 bridgehead atoms. The van der Waals surface area contributed by atoms with Crippen molar-refractivity contribution in [2.24, 2.45) is 11.8 Å². The third-order valence-electron chi connectivity index (χ3n) is 8.16. The second kappa shape index (κ2) is 19.1. The first-order chi connectivity index (χ1) is 22.4. The number of aromatic nitrogens is 2. The molecule has 13 heteroatoms. The van der Waals surface area contributed by atoms with Crippen LogP contribution in [-0.4, -0.2) is 93.3 Å². The van der Waals surface area contributed by atoms with Crippen molar-refractivity contribution in [3.8, 4) is 0 Å². The molecule has 1 aliphatic heterocycles. The Kier molecular flexibility index (Phi) is 15.3. The van der Waals surface area contributed by atoms with Crippen LogP contribution in [-0.2, 0) is 32.0 Å². The predicted molar refractivity (Wildman–Crippen MR) is 178 cm³/mol. The van der Waals surface area contributed by atoms with E-state index in [0.717, 1.165) is 18.5 Å². The lowest BCUT2D eigenvalue weighted by Crippen LogP contribution is -2.58. The van der Waals surface area contributed by atoms with E-state index in [4.69, 9.17) is 0 Å². The van der Waals surface area contributed by atoms with E-state index in [1.165, 1.54) is 6.33 Å². The Morgan fingerprint density at radius 2 is 1.60 bits per heavy atom. The number of H-pyrrole nitrogens is 1. The van der Waals surface area contributed by atoms with Gasteiger partial charge in [0, 0.05) is 24.7 Å². The Labute approximate surface area is 277 Å². The molecule has 2 aromatic rings. The summed E-state index contributed by atoms with van der Waals surface area (Å²) in [6.45, 7) is 8.36. The second-order valence-corrected chi connectivity index (χ2v) is 13.3. The average molecular weight is 656 g/mol. The van der Waals surface area contributed by atoms with Gasteiger partial charge in [-0.1, -0.05) is 58.0 Å². The number of nitrogens with one attached hydrogen (secondary N) is 6. The number of carbonyl (C=O) groups is 4. The summed E-state index contributed by atoms with van der Waals surface area (Å²) in [7, 11) is 0. The van der Waals surface area contributed by atoms with Gasteiger partial charge in [-0.05, 0) is 49.6 Å². The topological polar surface area (TPSA) is 198 Å². The largest absolute Gasteiger partial charge is 0.394 e. The van der Waals surface area contributed by atoms with E-state index in [2.05, 4.69) is 36.6 Å². The minimum absolute atomic E-state index is 0.0689. The highest BCUT2D eigenvalue weighted by Crippen LogP contribution is 2.14. The first kappa shape index (κ1) is 37.6. The molecule has 47 heavy (non-hydrogen) atoms. The maximum absolute atomic E-state index is 13.8. The third-order valence-corrected chi connectivity index (χ3v) is 8.16. The van der Waals surface area contributed by atoms with Crippen molar-refractivity contribution in [1.82, 2.24) is 36.6 Å². The molecule has 1 aromatic carbocycles. The fraction of sp³-hybridized carbons (Fsp3) is 0.618. The van der Waals surface area contributed by atoms with E-state index >= 15 is 0 Å². The number of amides is 4. The molecule has 4 amide bonds. The molecule has 1 saturated heterocycles. The van der Waals surface area contributed by atoms with Gasteiger partial charge in [-0.2, -0.15) is 0 Å². The fourth-order valence-electron chi connectivity index (χ4n) is 5.81. The van der Waals surface area contributed by atoms with Crippen LogP contribution in [0.25, 0.3) is 0 Å². The van der Waals surface area contributed by atoms with Gasteiger partial charge in [0.15, 0.2) is 0 Å². The van der Waals surface area contributed by atoms with Crippen LogP contribution in [0.3, 0.4) is 0 Å². The fourth-order valence-corrected chi connectivity index (χ4v) is 5.81. The van der Waals surface area contributed by atoms with Crippen LogP contribution in [0.2, 0.25) is 0 Å². The Bertz CT molecular complexity index is 1250. The van der Waals surface area contributed by atoms with Gasteiger partial charge in [0.05, 0.1) is 43.6 Å². The Morgan fingerprint density at radius 3 is 2.19 bits per heavy atom. The second-order valence-electron chi connectivity index (χ2n) is 13.3. The summed E-state index contributed by atoms with van der Waals surface area (Å²) < 4.78 is 0. The van der Waals surface area contributed by atoms with Crippen LogP contribution < -0.4 is 26.6 Å². The number of imidazole rings is 1. The molecule has 0 aliphatic carbocycles. The highest BCUT2D eigenvalue weighted by molar-refractivity contribution is 5.93. The SMILES string of the molecule is CC(C)C[C@@H](CO)NC(=O)C[C@H](O)[C@H](CC(C)C)NC(=O)[C@H](Cc1cnc[nH]1)NC(=O)[C@H](Cc1ccccc1)NC(=O)[C@@H]1CCCN1. The summed E-state index contributed by atoms with van der Waals surface area (Å²) in [6, 6.07) is 5.67. The molecule has 1 aromatic heterocycles. The smallest absolute Gasteiger partial charge is 0.243 e. The molecular weight excluding hydrogens is 602 g/mol. The molecule has 13 nitrogen and oxygen atoms in total. The van der Waals surface area contributed by atoms with Gasteiger partial charge in [-0.15, -0.1) is 0 Å². The van der Waals surface area contributed by atoms with Gasteiger partial charge in [0.25, 0.3) is 0 Å². The Balaban J connectivity index is 1.77. The van der Waals surface area contributed by atoms with E-state index in [9.17, 15) is 29.4 Å². The normalized spacial score (nSPS) is 17.8. The number of aliphatic hydroxyl groups is 2.